The summed E-state index contributed by atoms with van der Waals surface area (Å²) in [4.78, 5) is 14.6. The Labute approximate surface area is 160 Å². The molecule has 27 heavy (non-hydrogen) atoms. The quantitative estimate of drug-likeness (QED) is 0.807. The Hall–Kier alpha value is -2.89. The van der Waals surface area contributed by atoms with E-state index < -0.39 is 0 Å². The van der Waals surface area contributed by atoms with E-state index in [-0.39, 0.29) is 6.03 Å². The van der Waals surface area contributed by atoms with E-state index >= 15 is 0 Å². The van der Waals surface area contributed by atoms with Gasteiger partial charge in [0.05, 0.1) is 14.2 Å². The van der Waals surface area contributed by atoms with E-state index in [1.807, 2.05) is 30.3 Å². The standard InChI is InChI=1S/C21H27N3O3/c1-26-19-11-6-16(14-20(19)27-2)15-22-21(25)23-17-7-9-18(10-8-17)24-12-4-3-5-13-24/h6-11,14H,3-5,12-13,15H2,1-2H3,(H2,22,23,25). The van der Waals surface area contributed by atoms with Gasteiger partial charge < -0.3 is 25.0 Å². The highest BCUT2D eigenvalue weighted by atomic mass is 16.5. The van der Waals surface area contributed by atoms with Crippen molar-refractivity contribution in [3.63, 3.8) is 0 Å². The third-order valence-electron chi connectivity index (χ3n) is 4.75. The molecular weight excluding hydrogens is 342 g/mol. The number of hydrogen-bond donors (Lipinski definition) is 2. The van der Waals surface area contributed by atoms with Gasteiger partial charge in [-0.25, -0.2) is 4.79 Å². The molecule has 2 N–H and O–H groups in total. The molecule has 0 aliphatic carbocycles. The number of hydrogen-bond acceptors (Lipinski definition) is 4. The predicted octanol–water partition coefficient (Wildman–Crippen LogP) is 4.02. The molecule has 0 saturated carbocycles. The fraction of sp³-hybridized carbons (Fsp3) is 0.381. The summed E-state index contributed by atoms with van der Waals surface area (Å²) in [6.45, 7) is 2.62. The number of nitrogens with one attached hydrogen (secondary N) is 2. The zero-order chi connectivity index (χ0) is 19.1. The minimum atomic E-state index is -0.240. The number of piperidine rings is 1. The average Bonchev–Trinajstić information content (AvgIpc) is 2.73. The zero-order valence-corrected chi connectivity index (χ0v) is 16.0. The van der Waals surface area contributed by atoms with Crippen molar-refractivity contribution in [2.24, 2.45) is 0 Å². The van der Waals surface area contributed by atoms with E-state index in [1.165, 1.54) is 24.9 Å². The SMILES string of the molecule is COc1ccc(CNC(=O)Nc2ccc(N3CCCCC3)cc2)cc1OC. The van der Waals surface area contributed by atoms with Gasteiger partial charge in [0.15, 0.2) is 11.5 Å². The second-order valence-corrected chi connectivity index (χ2v) is 6.59. The van der Waals surface area contributed by atoms with Crippen LogP contribution in [-0.4, -0.2) is 33.3 Å². The smallest absolute Gasteiger partial charge is 0.319 e. The molecule has 2 amide bonds. The number of nitrogens with zero attached hydrogens (tertiary/aromatic N) is 1. The molecule has 2 aromatic rings. The van der Waals surface area contributed by atoms with E-state index in [4.69, 9.17) is 9.47 Å². The summed E-state index contributed by atoms with van der Waals surface area (Å²) < 4.78 is 10.5. The van der Waals surface area contributed by atoms with Crippen molar-refractivity contribution in [1.82, 2.24) is 5.32 Å². The number of rotatable bonds is 6. The molecule has 1 saturated heterocycles. The molecule has 144 valence electrons. The number of carbonyl (C=O) groups excluding carboxylic acids is 1. The maximum atomic E-state index is 12.2. The van der Waals surface area contributed by atoms with Crippen LogP contribution in [0.2, 0.25) is 0 Å². The number of urea groups is 1. The van der Waals surface area contributed by atoms with E-state index in [2.05, 4.69) is 27.7 Å². The molecular formula is C21H27N3O3. The van der Waals surface area contributed by atoms with Gasteiger partial charge in [0.2, 0.25) is 0 Å². The average molecular weight is 369 g/mol. The lowest BCUT2D eigenvalue weighted by molar-refractivity contribution is 0.251. The van der Waals surface area contributed by atoms with Crippen LogP contribution in [0.3, 0.4) is 0 Å². The molecule has 1 aliphatic rings. The van der Waals surface area contributed by atoms with Gasteiger partial charge in [-0.2, -0.15) is 0 Å². The van der Waals surface area contributed by atoms with Crippen LogP contribution >= 0.6 is 0 Å². The van der Waals surface area contributed by atoms with Gasteiger partial charge >= 0.3 is 6.03 Å². The van der Waals surface area contributed by atoms with Crippen LogP contribution in [0.15, 0.2) is 42.5 Å². The minimum Gasteiger partial charge on any atom is -0.493 e. The Balaban J connectivity index is 1.51. The molecule has 6 heteroatoms. The Kier molecular flexibility index (Phi) is 6.41. The summed E-state index contributed by atoms with van der Waals surface area (Å²) in [7, 11) is 3.19. The van der Waals surface area contributed by atoms with Crippen LogP contribution in [0.4, 0.5) is 16.2 Å². The van der Waals surface area contributed by atoms with Gasteiger partial charge in [0.25, 0.3) is 0 Å². The first-order valence-electron chi connectivity index (χ1n) is 9.30. The normalized spacial score (nSPS) is 13.8. The highest BCUT2D eigenvalue weighted by molar-refractivity contribution is 5.89. The summed E-state index contributed by atoms with van der Waals surface area (Å²) in [6.07, 6.45) is 3.81. The largest absolute Gasteiger partial charge is 0.493 e. The Morgan fingerprint density at radius 2 is 1.67 bits per heavy atom. The molecule has 0 unspecified atom stereocenters. The van der Waals surface area contributed by atoms with Gasteiger partial charge in [-0.05, 0) is 61.2 Å². The van der Waals surface area contributed by atoms with Crippen molar-refractivity contribution >= 4 is 17.4 Å². The summed E-state index contributed by atoms with van der Waals surface area (Å²) in [6, 6.07) is 13.4. The van der Waals surface area contributed by atoms with E-state index in [0.717, 1.165) is 24.3 Å². The molecule has 0 atom stereocenters. The Bertz CT molecular complexity index is 756. The van der Waals surface area contributed by atoms with Crippen molar-refractivity contribution < 1.29 is 14.3 Å². The van der Waals surface area contributed by atoms with Crippen molar-refractivity contribution in [2.45, 2.75) is 25.8 Å². The van der Waals surface area contributed by atoms with Gasteiger partial charge in [0.1, 0.15) is 0 Å². The summed E-state index contributed by atoms with van der Waals surface area (Å²) in [5, 5.41) is 5.73. The van der Waals surface area contributed by atoms with Crippen LogP contribution in [-0.2, 0) is 6.54 Å². The first-order chi connectivity index (χ1) is 13.2. The molecule has 6 nitrogen and oxygen atoms in total. The zero-order valence-electron chi connectivity index (χ0n) is 16.0. The van der Waals surface area contributed by atoms with Crippen LogP contribution in [0, 0.1) is 0 Å². The minimum absolute atomic E-state index is 0.240. The number of anilines is 2. The third kappa shape index (κ3) is 5.06. The Morgan fingerprint density at radius 3 is 2.33 bits per heavy atom. The topological polar surface area (TPSA) is 62.8 Å². The second-order valence-electron chi connectivity index (χ2n) is 6.59. The predicted molar refractivity (Wildman–Crippen MR) is 108 cm³/mol. The lowest BCUT2D eigenvalue weighted by Gasteiger charge is -2.28. The summed E-state index contributed by atoms with van der Waals surface area (Å²) >= 11 is 0. The highest BCUT2D eigenvalue weighted by Gasteiger charge is 2.11. The maximum Gasteiger partial charge on any atom is 0.319 e. The molecule has 0 radical (unpaired) electrons. The molecule has 1 heterocycles. The van der Waals surface area contributed by atoms with Gasteiger partial charge in [-0.15, -0.1) is 0 Å². The third-order valence-corrected chi connectivity index (χ3v) is 4.75. The summed E-state index contributed by atoms with van der Waals surface area (Å²) in [5.74, 6) is 1.31. The lowest BCUT2D eigenvalue weighted by atomic mass is 10.1. The van der Waals surface area contributed by atoms with Crippen LogP contribution < -0.4 is 25.0 Å². The number of methoxy groups -OCH3 is 2. The van der Waals surface area contributed by atoms with E-state index in [1.54, 1.807) is 14.2 Å². The maximum absolute atomic E-state index is 12.2. The van der Waals surface area contributed by atoms with Crippen molar-refractivity contribution in [2.75, 3.05) is 37.5 Å². The van der Waals surface area contributed by atoms with Crippen molar-refractivity contribution in [1.29, 1.82) is 0 Å². The number of carbonyl (C=O) groups is 1. The molecule has 1 aliphatic heterocycles. The van der Waals surface area contributed by atoms with Crippen molar-refractivity contribution in [3.05, 3.63) is 48.0 Å². The second kappa shape index (κ2) is 9.16. The number of benzene rings is 2. The van der Waals surface area contributed by atoms with Crippen LogP contribution in [0.1, 0.15) is 24.8 Å². The Morgan fingerprint density at radius 1 is 0.963 bits per heavy atom. The van der Waals surface area contributed by atoms with Crippen LogP contribution in [0.5, 0.6) is 11.5 Å². The first kappa shape index (κ1) is 18.9. The molecule has 0 spiro atoms. The fourth-order valence-corrected chi connectivity index (χ4v) is 3.26. The van der Waals surface area contributed by atoms with E-state index in [9.17, 15) is 4.79 Å². The molecule has 0 aromatic heterocycles. The fourth-order valence-electron chi connectivity index (χ4n) is 3.26. The van der Waals surface area contributed by atoms with E-state index in [0.29, 0.717) is 18.0 Å². The lowest BCUT2D eigenvalue weighted by Crippen LogP contribution is -2.29. The molecule has 3 rings (SSSR count). The molecule has 0 bridgehead atoms. The van der Waals surface area contributed by atoms with Gasteiger partial charge in [-0.3, -0.25) is 0 Å². The first-order valence-corrected chi connectivity index (χ1v) is 9.30. The highest BCUT2D eigenvalue weighted by Crippen LogP contribution is 2.27. The number of ether oxygens (including phenoxy) is 2. The molecule has 2 aromatic carbocycles. The van der Waals surface area contributed by atoms with Gasteiger partial charge in [-0.1, -0.05) is 6.07 Å². The van der Waals surface area contributed by atoms with Gasteiger partial charge in [0, 0.05) is 31.0 Å². The number of amides is 2. The summed E-state index contributed by atoms with van der Waals surface area (Å²) in [5.41, 5.74) is 2.93. The monoisotopic (exact) mass is 369 g/mol. The molecule has 1 fully saturated rings. The van der Waals surface area contributed by atoms with Crippen molar-refractivity contribution in [3.8, 4) is 11.5 Å². The van der Waals surface area contributed by atoms with Crippen LogP contribution in [0.25, 0.3) is 0 Å².